The Morgan fingerprint density at radius 2 is 1.75 bits per heavy atom. The predicted molar refractivity (Wildman–Crippen MR) is 102 cm³/mol. The number of hydrogen-bond donors (Lipinski definition) is 3. The van der Waals surface area contributed by atoms with Gasteiger partial charge >= 0.3 is 5.97 Å². The number of para-hydroxylation sites is 1. The van der Waals surface area contributed by atoms with E-state index in [0.29, 0.717) is 25.8 Å². The molecule has 0 unspecified atom stereocenters. The monoisotopic (exact) mass is 408 g/mol. The molecule has 0 saturated heterocycles. The second-order valence-electron chi connectivity index (χ2n) is 6.07. The van der Waals surface area contributed by atoms with Crippen LogP contribution in [0.25, 0.3) is 0 Å². The van der Waals surface area contributed by atoms with Crippen LogP contribution in [0.1, 0.15) is 36.0 Å². The van der Waals surface area contributed by atoms with Gasteiger partial charge < -0.3 is 10.4 Å². The van der Waals surface area contributed by atoms with Crippen LogP contribution in [0.3, 0.4) is 0 Å². The summed E-state index contributed by atoms with van der Waals surface area (Å²) in [5, 5.41) is 11.2. The number of carboxylic acid groups (broad SMARTS) is 1. The molecule has 0 aliphatic carbocycles. The van der Waals surface area contributed by atoms with Crippen LogP contribution in [-0.4, -0.2) is 31.9 Å². The maximum atomic E-state index is 13.7. The number of unbranched alkanes of at least 4 members (excludes halogenated alkanes) is 2. The number of carboxylic acids is 1. The van der Waals surface area contributed by atoms with E-state index in [1.807, 2.05) is 0 Å². The normalized spacial score (nSPS) is 11.0. The molecular formula is C19H21FN2O5S. The van der Waals surface area contributed by atoms with Crippen molar-refractivity contribution < 1.29 is 27.5 Å². The Kier molecular flexibility index (Phi) is 7.51. The Bertz CT molecular complexity index is 947. The number of nitrogens with one attached hydrogen (secondary N) is 2. The lowest BCUT2D eigenvalue weighted by Gasteiger charge is -2.10. The molecule has 7 nitrogen and oxygen atoms in total. The van der Waals surface area contributed by atoms with E-state index < -0.39 is 27.7 Å². The van der Waals surface area contributed by atoms with Crippen molar-refractivity contribution in [3.63, 3.8) is 0 Å². The Morgan fingerprint density at radius 3 is 2.46 bits per heavy atom. The number of halogens is 1. The van der Waals surface area contributed by atoms with Gasteiger partial charge in [-0.15, -0.1) is 0 Å². The van der Waals surface area contributed by atoms with Gasteiger partial charge in [0.05, 0.1) is 10.6 Å². The number of carbonyl (C=O) groups is 2. The first-order valence-electron chi connectivity index (χ1n) is 8.67. The maximum Gasteiger partial charge on any atom is 0.303 e. The second kappa shape index (κ2) is 9.84. The number of anilines is 1. The molecule has 0 aliphatic heterocycles. The van der Waals surface area contributed by atoms with Gasteiger partial charge in [0.1, 0.15) is 5.82 Å². The highest BCUT2D eigenvalue weighted by Gasteiger charge is 2.18. The fourth-order valence-corrected chi connectivity index (χ4v) is 3.55. The Hall–Kier alpha value is -2.94. The third-order valence-electron chi connectivity index (χ3n) is 3.88. The summed E-state index contributed by atoms with van der Waals surface area (Å²) >= 11 is 0. The average molecular weight is 408 g/mol. The molecule has 2 aromatic carbocycles. The van der Waals surface area contributed by atoms with Gasteiger partial charge in [-0.1, -0.05) is 24.6 Å². The quantitative estimate of drug-likeness (QED) is 0.523. The third-order valence-corrected chi connectivity index (χ3v) is 5.24. The van der Waals surface area contributed by atoms with Crippen molar-refractivity contribution in [2.45, 2.75) is 30.6 Å². The first kappa shape index (κ1) is 21.4. The van der Waals surface area contributed by atoms with Crippen LogP contribution >= 0.6 is 0 Å². The average Bonchev–Trinajstić information content (AvgIpc) is 2.66. The molecule has 0 aliphatic rings. The zero-order chi connectivity index (χ0) is 20.6. The van der Waals surface area contributed by atoms with Gasteiger partial charge in [0.2, 0.25) is 0 Å². The van der Waals surface area contributed by atoms with Crippen molar-refractivity contribution in [2.24, 2.45) is 0 Å². The lowest BCUT2D eigenvalue weighted by atomic mass is 10.2. The van der Waals surface area contributed by atoms with Crippen molar-refractivity contribution in [3.05, 3.63) is 59.9 Å². The highest BCUT2D eigenvalue weighted by atomic mass is 32.2. The van der Waals surface area contributed by atoms with Gasteiger partial charge in [0, 0.05) is 18.5 Å². The molecule has 150 valence electrons. The number of hydrogen-bond acceptors (Lipinski definition) is 4. The minimum absolute atomic E-state index is 0.0862. The predicted octanol–water partition coefficient (Wildman–Crippen LogP) is 3.00. The number of amides is 1. The SMILES string of the molecule is O=C(O)CCCCCNC(=O)c1cccc(S(=O)(=O)Nc2ccccc2F)c1. The van der Waals surface area contributed by atoms with Crippen molar-refractivity contribution in [1.82, 2.24) is 5.32 Å². The summed E-state index contributed by atoms with van der Waals surface area (Å²) in [5.41, 5.74) is -0.0272. The fraction of sp³-hybridized carbons (Fsp3) is 0.263. The van der Waals surface area contributed by atoms with Gasteiger partial charge in [0.25, 0.3) is 15.9 Å². The van der Waals surface area contributed by atoms with Gasteiger partial charge in [-0.3, -0.25) is 14.3 Å². The van der Waals surface area contributed by atoms with Crippen LogP contribution in [0.15, 0.2) is 53.4 Å². The standard InChI is InChI=1S/C19H21FN2O5S/c20-16-9-3-4-10-17(16)22-28(26,27)15-8-6-7-14(13-15)19(25)21-12-5-1-2-11-18(23)24/h3-4,6-10,13,22H,1-2,5,11-12H2,(H,21,25)(H,23,24). The van der Waals surface area contributed by atoms with E-state index in [-0.39, 0.29) is 22.6 Å². The molecule has 0 saturated carbocycles. The first-order valence-corrected chi connectivity index (χ1v) is 10.2. The van der Waals surface area contributed by atoms with Crippen LogP contribution < -0.4 is 10.0 Å². The smallest absolute Gasteiger partial charge is 0.303 e. The van der Waals surface area contributed by atoms with Crippen LogP contribution in [0, 0.1) is 5.82 Å². The van der Waals surface area contributed by atoms with E-state index in [4.69, 9.17) is 5.11 Å². The van der Waals surface area contributed by atoms with Crippen molar-refractivity contribution >= 4 is 27.6 Å². The molecule has 28 heavy (non-hydrogen) atoms. The number of sulfonamides is 1. The zero-order valence-electron chi connectivity index (χ0n) is 15.0. The summed E-state index contributed by atoms with van der Waals surface area (Å²) in [6.45, 7) is 0.350. The molecule has 0 fully saturated rings. The summed E-state index contributed by atoms with van der Waals surface area (Å²) in [5.74, 6) is -2.00. The maximum absolute atomic E-state index is 13.7. The van der Waals surface area contributed by atoms with Gasteiger partial charge in [-0.05, 0) is 43.2 Å². The van der Waals surface area contributed by atoms with E-state index in [1.54, 1.807) is 0 Å². The molecule has 0 aromatic heterocycles. The van der Waals surface area contributed by atoms with E-state index in [9.17, 15) is 22.4 Å². The Morgan fingerprint density at radius 1 is 1.00 bits per heavy atom. The van der Waals surface area contributed by atoms with E-state index >= 15 is 0 Å². The molecule has 0 heterocycles. The van der Waals surface area contributed by atoms with Crippen molar-refractivity contribution in [3.8, 4) is 0 Å². The summed E-state index contributed by atoms with van der Waals surface area (Å²) < 4.78 is 40.8. The van der Waals surface area contributed by atoms with Crippen LogP contribution in [0.5, 0.6) is 0 Å². The molecule has 0 atom stereocenters. The van der Waals surface area contributed by atoms with Gasteiger partial charge in [0.15, 0.2) is 0 Å². The number of benzene rings is 2. The molecule has 0 radical (unpaired) electrons. The van der Waals surface area contributed by atoms with Crippen LogP contribution in [-0.2, 0) is 14.8 Å². The van der Waals surface area contributed by atoms with E-state index in [2.05, 4.69) is 10.0 Å². The molecular weight excluding hydrogens is 387 g/mol. The molecule has 0 spiro atoms. The minimum Gasteiger partial charge on any atom is -0.481 e. The Labute approximate surface area is 162 Å². The van der Waals surface area contributed by atoms with Crippen molar-refractivity contribution in [2.75, 3.05) is 11.3 Å². The second-order valence-corrected chi connectivity index (χ2v) is 7.76. The molecule has 1 amide bonds. The lowest BCUT2D eigenvalue weighted by molar-refractivity contribution is -0.137. The van der Waals surface area contributed by atoms with E-state index in [1.165, 1.54) is 42.5 Å². The number of rotatable bonds is 10. The van der Waals surface area contributed by atoms with E-state index in [0.717, 1.165) is 6.07 Å². The van der Waals surface area contributed by atoms with Crippen molar-refractivity contribution in [1.29, 1.82) is 0 Å². The summed E-state index contributed by atoms with van der Waals surface area (Å²) in [4.78, 5) is 22.5. The number of aliphatic carboxylic acids is 1. The minimum atomic E-state index is -4.06. The largest absolute Gasteiger partial charge is 0.481 e. The lowest BCUT2D eigenvalue weighted by Crippen LogP contribution is -2.25. The topological polar surface area (TPSA) is 113 Å². The molecule has 9 heteroatoms. The summed E-state index contributed by atoms with van der Waals surface area (Å²) in [7, 11) is -4.06. The number of carbonyl (C=O) groups excluding carboxylic acids is 1. The molecule has 2 rings (SSSR count). The highest BCUT2D eigenvalue weighted by Crippen LogP contribution is 2.19. The van der Waals surface area contributed by atoms with Crippen LogP contribution in [0.4, 0.5) is 10.1 Å². The Balaban J connectivity index is 1.98. The van der Waals surface area contributed by atoms with Gasteiger partial charge in [-0.25, -0.2) is 12.8 Å². The molecule has 0 bridgehead atoms. The van der Waals surface area contributed by atoms with Crippen LogP contribution in [0.2, 0.25) is 0 Å². The highest BCUT2D eigenvalue weighted by molar-refractivity contribution is 7.92. The zero-order valence-corrected chi connectivity index (χ0v) is 15.8. The molecule has 2 aromatic rings. The van der Waals surface area contributed by atoms with Gasteiger partial charge in [-0.2, -0.15) is 0 Å². The first-order chi connectivity index (χ1) is 13.3. The third kappa shape index (κ3) is 6.34. The summed E-state index contributed by atoms with van der Waals surface area (Å²) in [6.07, 6.45) is 1.89. The molecule has 3 N–H and O–H groups in total. The summed E-state index contributed by atoms with van der Waals surface area (Å²) in [6, 6.07) is 10.8. The fourth-order valence-electron chi connectivity index (χ4n) is 2.43.